The van der Waals surface area contributed by atoms with Gasteiger partial charge in [-0.2, -0.15) is 0 Å². The van der Waals surface area contributed by atoms with Gasteiger partial charge >= 0.3 is 0 Å². The molecule has 2 aromatic rings. The summed E-state index contributed by atoms with van der Waals surface area (Å²) in [7, 11) is -2.12. The van der Waals surface area contributed by atoms with Gasteiger partial charge in [0.15, 0.2) is 15.8 Å². The second kappa shape index (κ2) is 11.8. The summed E-state index contributed by atoms with van der Waals surface area (Å²) in [6, 6.07) is 13.0. The van der Waals surface area contributed by atoms with Gasteiger partial charge in [-0.15, -0.1) is 24.0 Å². The molecule has 154 valence electrons. The number of hydrogen-bond donors (Lipinski definition) is 2. The molecular weight excluding hydrogens is 496 g/mol. The molecule has 0 unspecified atom stereocenters. The number of para-hydroxylation sites is 1. The van der Waals surface area contributed by atoms with Crippen LogP contribution < -0.4 is 15.4 Å². The Balaban J connectivity index is 0.00000392. The molecule has 0 aliphatic heterocycles. The Morgan fingerprint density at radius 2 is 1.79 bits per heavy atom. The first-order valence-corrected chi connectivity index (χ1v) is 10.3. The van der Waals surface area contributed by atoms with Crippen LogP contribution >= 0.6 is 24.0 Å². The van der Waals surface area contributed by atoms with Crippen LogP contribution in [0, 0.1) is 5.82 Å². The SMILES string of the molecule is CCOc1ccccc1CNC(=NC)NCCS(=O)(=O)c1ccccc1F.I. The monoisotopic (exact) mass is 521 g/mol. The van der Waals surface area contributed by atoms with Crippen LogP contribution in [0.15, 0.2) is 58.4 Å². The number of hydrogen-bond acceptors (Lipinski definition) is 4. The first-order chi connectivity index (χ1) is 13.0. The van der Waals surface area contributed by atoms with Crippen LogP contribution in [0.25, 0.3) is 0 Å². The van der Waals surface area contributed by atoms with Gasteiger partial charge in [-0.1, -0.05) is 30.3 Å². The zero-order valence-electron chi connectivity index (χ0n) is 15.8. The Morgan fingerprint density at radius 1 is 1.11 bits per heavy atom. The van der Waals surface area contributed by atoms with Crippen molar-refractivity contribution in [2.75, 3.05) is 26.0 Å². The fourth-order valence-electron chi connectivity index (χ4n) is 2.46. The molecule has 0 bridgehead atoms. The van der Waals surface area contributed by atoms with Crippen molar-refractivity contribution in [3.8, 4) is 5.75 Å². The van der Waals surface area contributed by atoms with E-state index in [1.807, 2.05) is 31.2 Å². The molecule has 2 N–H and O–H groups in total. The number of nitrogens with one attached hydrogen (secondary N) is 2. The van der Waals surface area contributed by atoms with Crippen LogP contribution in [0.4, 0.5) is 4.39 Å². The summed E-state index contributed by atoms with van der Waals surface area (Å²) < 4.78 is 43.8. The number of sulfone groups is 1. The lowest BCUT2D eigenvalue weighted by Crippen LogP contribution is -2.39. The summed E-state index contributed by atoms with van der Waals surface area (Å²) in [4.78, 5) is 3.78. The number of ether oxygens (including phenoxy) is 1. The lowest BCUT2D eigenvalue weighted by molar-refractivity contribution is 0.336. The largest absolute Gasteiger partial charge is 0.494 e. The Bertz CT molecular complexity index is 891. The van der Waals surface area contributed by atoms with Gasteiger partial charge < -0.3 is 15.4 Å². The maximum atomic E-state index is 13.7. The molecule has 2 aromatic carbocycles. The number of nitrogens with zero attached hydrogens (tertiary/aromatic N) is 1. The summed E-state index contributed by atoms with van der Waals surface area (Å²) in [6.45, 7) is 3.05. The fraction of sp³-hybridized carbons (Fsp3) is 0.316. The molecule has 0 atom stereocenters. The quantitative estimate of drug-likeness (QED) is 0.317. The average Bonchev–Trinajstić information content (AvgIpc) is 2.66. The third-order valence-corrected chi connectivity index (χ3v) is 5.52. The molecule has 0 spiro atoms. The van der Waals surface area contributed by atoms with Crippen LogP contribution in [0.1, 0.15) is 12.5 Å². The Morgan fingerprint density at radius 3 is 2.46 bits per heavy atom. The van der Waals surface area contributed by atoms with Crippen molar-refractivity contribution >= 4 is 39.8 Å². The third-order valence-electron chi connectivity index (χ3n) is 3.78. The smallest absolute Gasteiger partial charge is 0.191 e. The van der Waals surface area contributed by atoms with E-state index in [4.69, 9.17) is 4.74 Å². The molecule has 0 radical (unpaired) electrons. The summed E-state index contributed by atoms with van der Waals surface area (Å²) in [5.74, 6) is 0.243. The summed E-state index contributed by atoms with van der Waals surface area (Å²) >= 11 is 0. The Labute approximate surface area is 182 Å². The van der Waals surface area contributed by atoms with Crippen molar-refractivity contribution in [2.45, 2.75) is 18.4 Å². The van der Waals surface area contributed by atoms with E-state index in [9.17, 15) is 12.8 Å². The molecule has 6 nitrogen and oxygen atoms in total. The molecule has 2 rings (SSSR count). The van der Waals surface area contributed by atoms with Gasteiger partial charge in [0.05, 0.1) is 12.4 Å². The topological polar surface area (TPSA) is 79.8 Å². The summed E-state index contributed by atoms with van der Waals surface area (Å²) in [5, 5.41) is 6.04. The molecule has 0 aliphatic rings. The van der Waals surface area contributed by atoms with E-state index in [0.29, 0.717) is 19.1 Å². The number of aliphatic imine (C=N–C) groups is 1. The van der Waals surface area contributed by atoms with E-state index in [-0.39, 0.29) is 41.2 Å². The third kappa shape index (κ3) is 6.93. The summed E-state index contributed by atoms with van der Waals surface area (Å²) in [6.07, 6.45) is 0. The van der Waals surface area contributed by atoms with Crippen molar-refractivity contribution < 1.29 is 17.5 Å². The maximum absolute atomic E-state index is 13.7. The van der Waals surface area contributed by atoms with Crippen LogP contribution in [0.3, 0.4) is 0 Å². The van der Waals surface area contributed by atoms with Gasteiger partial charge in [0.25, 0.3) is 0 Å². The minimum atomic E-state index is -3.72. The normalized spacial score (nSPS) is 11.5. The van der Waals surface area contributed by atoms with E-state index >= 15 is 0 Å². The molecule has 9 heteroatoms. The first kappa shape index (κ1) is 24.2. The van der Waals surface area contributed by atoms with Crippen molar-refractivity contribution in [1.29, 1.82) is 0 Å². The van der Waals surface area contributed by atoms with E-state index < -0.39 is 15.7 Å². The second-order valence-corrected chi connectivity index (χ2v) is 7.72. The van der Waals surface area contributed by atoms with Crippen LogP contribution in [0.5, 0.6) is 5.75 Å². The maximum Gasteiger partial charge on any atom is 0.191 e. The van der Waals surface area contributed by atoms with Gasteiger partial charge in [-0.05, 0) is 25.1 Å². The number of benzene rings is 2. The molecular formula is C19H25FIN3O3S. The van der Waals surface area contributed by atoms with Gasteiger partial charge in [0, 0.05) is 25.7 Å². The van der Waals surface area contributed by atoms with Crippen LogP contribution in [-0.4, -0.2) is 40.3 Å². The van der Waals surface area contributed by atoms with Gasteiger partial charge in [0.1, 0.15) is 16.5 Å². The summed E-state index contributed by atoms with van der Waals surface area (Å²) in [5.41, 5.74) is 0.960. The predicted molar refractivity (Wildman–Crippen MR) is 120 cm³/mol. The highest BCUT2D eigenvalue weighted by Crippen LogP contribution is 2.17. The van der Waals surface area contributed by atoms with Crippen molar-refractivity contribution in [1.82, 2.24) is 10.6 Å². The highest BCUT2D eigenvalue weighted by molar-refractivity contribution is 14.0. The minimum absolute atomic E-state index is 0. The molecule has 0 saturated carbocycles. The average molecular weight is 521 g/mol. The number of guanidine groups is 1. The van der Waals surface area contributed by atoms with E-state index in [0.717, 1.165) is 17.4 Å². The van der Waals surface area contributed by atoms with Gasteiger partial charge in [0.2, 0.25) is 0 Å². The highest BCUT2D eigenvalue weighted by Gasteiger charge is 2.18. The first-order valence-electron chi connectivity index (χ1n) is 8.60. The molecule has 28 heavy (non-hydrogen) atoms. The van der Waals surface area contributed by atoms with Crippen LogP contribution in [0.2, 0.25) is 0 Å². The lowest BCUT2D eigenvalue weighted by Gasteiger charge is -2.14. The van der Waals surface area contributed by atoms with Crippen molar-refractivity contribution in [3.05, 3.63) is 59.9 Å². The lowest BCUT2D eigenvalue weighted by atomic mass is 10.2. The van der Waals surface area contributed by atoms with E-state index in [2.05, 4.69) is 15.6 Å². The van der Waals surface area contributed by atoms with Crippen molar-refractivity contribution in [2.24, 2.45) is 4.99 Å². The molecule has 0 saturated heterocycles. The standard InChI is InChI=1S/C19H24FN3O3S.HI/c1-3-26-17-10-6-4-8-15(17)14-23-19(21-2)22-12-13-27(24,25)18-11-7-5-9-16(18)20;/h4-11H,3,12-14H2,1-2H3,(H2,21,22,23);1H. The zero-order valence-corrected chi connectivity index (χ0v) is 19.0. The molecule has 0 aliphatic carbocycles. The van der Waals surface area contributed by atoms with Crippen LogP contribution in [-0.2, 0) is 16.4 Å². The Hall–Kier alpha value is -1.88. The fourth-order valence-corrected chi connectivity index (χ4v) is 3.70. The predicted octanol–water partition coefficient (Wildman–Crippen LogP) is 2.98. The number of halogens is 2. The van der Waals surface area contributed by atoms with Crippen molar-refractivity contribution in [3.63, 3.8) is 0 Å². The number of rotatable bonds is 8. The molecule has 0 fully saturated rings. The molecule has 0 amide bonds. The second-order valence-electron chi connectivity index (χ2n) is 5.64. The van der Waals surface area contributed by atoms with Gasteiger partial charge in [-0.3, -0.25) is 4.99 Å². The minimum Gasteiger partial charge on any atom is -0.494 e. The zero-order chi connectivity index (χ0) is 19.7. The van der Waals surface area contributed by atoms with Gasteiger partial charge in [-0.25, -0.2) is 12.8 Å². The highest BCUT2D eigenvalue weighted by atomic mass is 127. The molecule has 0 aromatic heterocycles. The van der Waals surface area contributed by atoms with E-state index in [1.165, 1.54) is 18.2 Å². The van der Waals surface area contributed by atoms with E-state index in [1.54, 1.807) is 7.05 Å². The molecule has 0 heterocycles. The Kier molecular flexibility index (Phi) is 10.2.